The SMILES string of the molecule is CO[C@@H]1CN(c2nc(-c3cccc(C)c3OCc3ccc4c(c3F)CCN(C(=O)OC(C)(C)C)CC4)cs2)CC[C@@H]1C(=O)OC(C)(C)C. The molecule has 2 aromatic carbocycles. The minimum atomic E-state index is -0.589. The van der Waals surface area contributed by atoms with Gasteiger partial charge < -0.3 is 28.7 Å². The fourth-order valence-electron chi connectivity index (χ4n) is 6.15. The Balaban J connectivity index is 1.28. The van der Waals surface area contributed by atoms with Gasteiger partial charge in [0.15, 0.2) is 5.13 Å². The lowest BCUT2D eigenvalue weighted by Crippen LogP contribution is -2.49. The number of nitrogens with zero attached hydrogens (tertiary/aromatic N) is 3. The predicted octanol–water partition coefficient (Wildman–Crippen LogP) is 7.36. The van der Waals surface area contributed by atoms with Crippen LogP contribution in [0.15, 0.2) is 35.7 Å². The van der Waals surface area contributed by atoms with Crippen LogP contribution in [0.5, 0.6) is 5.75 Å². The molecule has 2 aliphatic rings. The number of hydrogen-bond acceptors (Lipinski definition) is 9. The number of amides is 1. The molecule has 1 amide bonds. The van der Waals surface area contributed by atoms with E-state index in [-0.39, 0.29) is 36.5 Å². The third-order valence-corrected chi connectivity index (χ3v) is 9.45. The number of piperidine rings is 1. The lowest BCUT2D eigenvalue weighted by Gasteiger charge is -2.37. The third-order valence-electron chi connectivity index (χ3n) is 8.55. The smallest absolute Gasteiger partial charge is 0.410 e. The van der Waals surface area contributed by atoms with Crippen molar-refractivity contribution in [2.24, 2.45) is 5.92 Å². The second-order valence-electron chi connectivity index (χ2n) is 14.5. The first-order valence-corrected chi connectivity index (χ1v) is 17.5. The molecule has 9 nitrogen and oxygen atoms in total. The van der Waals surface area contributed by atoms with Crippen LogP contribution >= 0.6 is 11.3 Å². The number of anilines is 1. The number of rotatable bonds is 7. The summed E-state index contributed by atoms with van der Waals surface area (Å²) in [7, 11) is 1.63. The summed E-state index contributed by atoms with van der Waals surface area (Å²) < 4.78 is 39.2. The van der Waals surface area contributed by atoms with Crippen molar-refractivity contribution in [3.05, 3.63) is 63.8 Å². The lowest BCUT2D eigenvalue weighted by molar-refractivity contribution is -0.165. The number of fused-ring (bicyclic) bond motifs is 1. The summed E-state index contributed by atoms with van der Waals surface area (Å²) in [6, 6.07) is 9.62. The largest absolute Gasteiger partial charge is 0.488 e. The van der Waals surface area contributed by atoms with Gasteiger partial charge in [-0.2, -0.15) is 0 Å². The van der Waals surface area contributed by atoms with Crippen LogP contribution < -0.4 is 9.64 Å². The van der Waals surface area contributed by atoms with Crippen molar-refractivity contribution >= 4 is 28.5 Å². The number of halogens is 1. The van der Waals surface area contributed by atoms with Gasteiger partial charge in [-0.05, 0) is 90.5 Å². The molecule has 2 atom stereocenters. The molecular formula is C37H48FN3O6S. The molecule has 1 aromatic heterocycles. The van der Waals surface area contributed by atoms with E-state index in [1.54, 1.807) is 18.1 Å². The molecule has 5 rings (SSSR count). The fourth-order valence-corrected chi connectivity index (χ4v) is 7.02. The van der Waals surface area contributed by atoms with E-state index in [0.29, 0.717) is 62.3 Å². The number of carbonyl (C=O) groups is 2. The van der Waals surface area contributed by atoms with Crippen LogP contribution in [0.2, 0.25) is 0 Å². The van der Waals surface area contributed by atoms with E-state index in [2.05, 4.69) is 4.90 Å². The van der Waals surface area contributed by atoms with Crippen LogP contribution in [0.1, 0.15) is 70.2 Å². The van der Waals surface area contributed by atoms with Crippen molar-refractivity contribution in [3.63, 3.8) is 0 Å². The van der Waals surface area contributed by atoms with E-state index < -0.39 is 11.2 Å². The van der Waals surface area contributed by atoms with Gasteiger partial charge in [0.05, 0.1) is 17.7 Å². The number of benzene rings is 2. The minimum Gasteiger partial charge on any atom is -0.488 e. The average molecular weight is 682 g/mol. The maximum atomic E-state index is 15.9. The standard InChI is InChI=1S/C37H48FN3O6S/c1-23-10-9-11-27(29-22-48-34(39-29)41-19-16-28(30(20-41)44-8)33(42)46-36(2,3)4)32(23)45-21-25-13-12-24-14-17-40(18-15-26(24)31(25)38)35(43)47-37(5,6)7/h9-13,22,28,30H,14-21H2,1-8H3/t28-,30+/m0/s1. The van der Waals surface area contributed by atoms with Crippen molar-refractivity contribution in [1.82, 2.24) is 9.88 Å². The first-order chi connectivity index (χ1) is 22.6. The van der Waals surface area contributed by atoms with Crippen LogP contribution in [0.4, 0.5) is 14.3 Å². The van der Waals surface area contributed by atoms with E-state index in [1.807, 2.05) is 78.1 Å². The number of para-hydroxylation sites is 1. The zero-order chi connectivity index (χ0) is 34.8. The van der Waals surface area contributed by atoms with Crippen molar-refractivity contribution in [2.75, 3.05) is 38.2 Å². The van der Waals surface area contributed by atoms with Gasteiger partial charge in [-0.1, -0.05) is 24.3 Å². The van der Waals surface area contributed by atoms with Crippen LogP contribution in [0, 0.1) is 18.7 Å². The van der Waals surface area contributed by atoms with Crippen LogP contribution in [-0.2, 0) is 38.5 Å². The first kappa shape index (κ1) is 35.6. The van der Waals surface area contributed by atoms with Crippen molar-refractivity contribution in [2.45, 2.75) is 91.6 Å². The molecule has 3 heterocycles. The maximum Gasteiger partial charge on any atom is 0.410 e. The monoisotopic (exact) mass is 681 g/mol. The predicted molar refractivity (Wildman–Crippen MR) is 185 cm³/mol. The molecule has 48 heavy (non-hydrogen) atoms. The number of carbonyl (C=O) groups excluding carboxylic acids is 2. The maximum absolute atomic E-state index is 15.9. The van der Waals surface area contributed by atoms with Crippen molar-refractivity contribution in [3.8, 4) is 17.0 Å². The summed E-state index contributed by atoms with van der Waals surface area (Å²) in [5.74, 6) is -0.201. The Morgan fingerprint density at radius 1 is 1.00 bits per heavy atom. The van der Waals surface area contributed by atoms with E-state index in [4.69, 9.17) is 23.9 Å². The van der Waals surface area contributed by atoms with Gasteiger partial charge in [0.1, 0.15) is 29.4 Å². The van der Waals surface area contributed by atoms with Crippen molar-refractivity contribution in [1.29, 1.82) is 0 Å². The van der Waals surface area contributed by atoms with E-state index in [9.17, 15) is 9.59 Å². The molecule has 1 fully saturated rings. The first-order valence-electron chi connectivity index (χ1n) is 16.6. The van der Waals surface area contributed by atoms with Crippen LogP contribution in [0.25, 0.3) is 11.3 Å². The van der Waals surface area contributed by atoms with Gasteiger partial charge in [0.25, 0.3) is 0 Å². The van der Waals surface area contributed by atoms with Gasteiger partial charge >= 0.3 is 12.1 Å². The Morgan fingerprint density at radius 3 is 2.44 bits per heavy atom. The number of thiazole rings is 1. The zero-order valence-electron chi connectivity index (χ0n) is 29.4. The molecule has 0 spiro atoms. The quantitative estimate of drug-likeness (QED) is 0.239. The zero-order valence-corrected chi connectivity index (χ0v) is 30.2. The Morgan fingerprint density at radius 2 is 1.73 bits per heavy atom. The fraction of sp³-hybridized carbons (Fsp3) is 0.541. The Labute approximate surface area is 287 Å². The highest BCUT2D eigenvalue weighted by Crippen LogP contribution is 2.38. The number of ether oxygens (including phenoxy) is 4. The molecule has 0 aliphatic carbocycles. The Kier molecular flexibility index (Phi) is 10.7. The average Bonchev–Trinajstić information content (AvgIpc) is 3.39. The topological polar surface area (TPSA) is 90.4 Å². The number of esters is 1. The highest BCUT2D eigenvalue weighted by Gasteiger charge is 2.38. The molecule has 0 unspecified atom stereocenters. The molecule has 260 valence electrons. The minimum absolute atomic E-state index is 0.0530. The molecule has 3 aromatic rings. The van der Waals surface area contributed by atoms with Gasteiger partial charge in [0, 0.05) is 49.8 Å². The van der Waals surface area contributed by atoms with Crippen LogP contribution in [-0.4, -0.2) is 72.5 Å². The summed E-state index contributed by atoms with van der Waals surface area (Å²) in [6.45, 7) is 15.2. The molecule has 0 N–H and O–H groups in total. The van der Waals surface area contributed by atoms with Gasteiger partial charge in [-0.3, -0.25) is 4.79 Å². The van der Waals surface area contributed by atoms with Crippen LogP contribution in [0.3, 0.4) is 0 Å². The Hall–Kier alpha value is -3.70. The number of aryl methyl sites for hydroxylation is 1. The lowest BCUT2D eigenvalue weighted by atomic mass is 9.93. The summed E-state index contributed by atoms with van der Waals surface area (Å²) >= 11 is 1.53. The molecule has 0 saturated carbocycles. The summed E-state index contributed by atoms with van der Waals surface area (Å²) in [4.78, 5) is 34.3. The highest BCUT2D eigenvalue weighted by atomic mass is 32.1. The molecule has 11 heteroatoms. The second kappa shape index (κ2) is 14.4. The van der Waals surface area contributed by atoms with Gasteiger partial charge in [-0.15, -0.1) is 11.3 Å². The summed E-state index contributed by atoms with van der Waals surface area (Å²) in [5.41, 5.74) is 3.36. The highest BCUT2D eigenvalue weighted by molar-refractivity contribution is 7.14. The normalized spacial score (nSPS) is 18.6. The second-order valence-corrected chi connectivity index (χ2v) is 15.4. The molecule has 1 saturated heterocycles. The van der Waals surface area contributed by atoms with E-state index in [1.165, 1.54) is 11.3 Å². The summed E-state index contributed by atoms with van der Waals surface area (Å²) in [5, 5.41) is 2.83. The van der Waals surface area contributed by atoms with Gasteiger partial charge in [-0.25, -0.2) is 14.2 Å². The molecular weight excluding hydrogens is 633 g/mol. The number of hydrogen-bond donors (Lipinski definition) is 0. The summed E-state index contributed by atoms with van der Waals surface area (Å²) in [6.07, 6.45) is 0.886. The molecule has 0 bridgehead atoms. The third kappa shape index (κ3) is 8.47. The van der Waals surface area contributed by atoms with Crippen molar-refractivity contribution < 1.29 is 32.9 Å². The van der Waals surface area contributed by atoms with Gasteiger partial charge in [0.2, 0.25) is 0 Å². The molecule has 2 aliphatic heterocycles. The van der Waals surface area contributed by atoms with E-state index >= 15 is 4.39 Å². The number of aromatic nitrogens is 1. The Bertz CT molecular complexity index is 1630. The molecule has 0 radical (unpaired) electrons. The van der Waals surface area contributed by atoms with E-state index in [0.717, 1.165) is 27.5 Å². The number of methoxy groups -OCH3 is 1.